The largest absolute Gasteiger partial charge is 0.488 e. The van der Waals surface area contributed by atoms with E-state index >= 15 is 17.6 Å². The zero-order valence-corrected chi connectivity index (χ0v) is 40.0. The number of ether oxygens (including phenoxy) is 4. The Hall–Kier alpha value is -6.18. The number of imidazole rings is 2. The number of aromatic amines is 2. The number of benzene rings is 2. The number of amides is 4. The van der Waals surface area contributed by atoms with Gasteiger partial charge in [-0.3, -0.25) is 9.59 Å². The van der Waals surface area contributed by atoms with Crippen molar-refractivity contribution in [3.8, 4) is 45.1 Å². The molecule has 28 heteroatoms. The maximum Gasteiger partial charge on any atom is 0.407 e. The topological polar surface area (TPSA) is 193 Å². The molecule has 0 spiro atoms. The molecule has 0 aliphatic carbocycles. The number of likely N-dealkylation sites (tertiary alicyclic amines) is 2. The smallest absolute Gasteiger partial charge is 0.407 e. The minimum absolute atomic E-state index is 0.0630. The van der Waals surface area contributed by atoms with Crippen molar-refractivity contribution in [2.75, 3.05) is 27.3 Å². The van der Waals surface area contributed by atoms with Gasteiger partial charge >= 0.3 is 24.5 Å². The average molecular weight is 1070 g/mol. The van der Waals surface area contributed by atoms with Gasteiger partial charge in [-0.2, -0.15) is 26.3 Å². The summed E-state index contributed by atoms with van der Waals surface area (Å²) in [5.41, 5.74) is -2.96. The maximum absolute atomic E-state index is 15.1. The van der Waals surface area contributed by atoms with Gasteiger partial charge in [-0.1, -0.05) is 23.2 Å². The molecule has 4 aliphatic heterocycles. The van der Waals surface area contributed by atoms with Gasteiger partial charge in [-0.05, 0) is 52.0 Å². The number of nitrogens with one attached hydrogen (secondary N) is 4. The lowest BCUT2D eigenvalue weighted by atomic mass is 9.82. The lowest BCUT2D eigenvalue weighted by molar-refractivity contribution is -0.222. The highest BCUT2D eigenvalue weighted by Gasteiger charge is 2.61. The van der Waals surface area contributed by atoms with Crippen LogP contribution in [0.5, 0.6) is 11.5 Å². The van der Waals surface area contributed by atoms with E-state index in [0.29, 0.717) is 82.4 Å². The van der Waals surface area contributed by atoms with Crippen LogP contribution in [-0.2, 0) is 32.3 Å². The Balaban J connectivity index is 1.09. The van der Waals surface area contributed by atoms with Crippen molar-refractivity contribution >= 4 is 47.2 Å². The first-order valence-corrected chi connectivity index (χ1v) is 22.3. The van der Waals surface area contributed by atoms with Crippen LogP contribution < -0.4 is 20.1 Å². The van der Waals surface area contributed by atoms with Gasteiger partial charge in [0.1, 0.15) is 48.4 Å². The predicted octanol–water partition coefficient (Wildman–Crippen LogP) is 9.67. The monoisotopic (exact) mass is 1070 g/mol. The number of aromatic nitrogens is 4. The van der Waals surface area contributed by atoms with E-state index in [1.165, 1.54) is 0 Å². The van der Waals surface area contributed by atoms with E-state index in [1.807, 2.05) is 10.6 Å². The van der Waals surface area contributed by atoms with Crippen LogP contribution in [-0.4, -0.2) is 117 Å². The fourth-order valence-electron chi connectivity index (χ4n) is 9.11. The SMILES string of the molecule is COC(=O)N[C@H](C(=O)N1CC(F)(F)C[C@H]1c1nc(Cl)c(-c2cc3c4c(c2)OCc2cc(-c5[nH]c([C@@H]6CC(F)(F)CN6C(=O)[C@@H](NC(=O)OC)C(C)(C)C(F)(F)F)nc5Cl)cc(c2-4)OC3)[nH]1)C(C)(C)C(F)(F)F. The van der Waals surface area contributed by atoms with Gasteiger partial charge in [0.25, 0.3) is 11.8 Å². The molecular weight excluding hydrogens is 1030 g/mol. The highest BCUT2D eigenvalue weighted by molar-refractivity contribution is 6.32. The summed E-state index contributed by atoms with van der Waals surface area (Å²) >= 11 is 13.2. The Morgan fingerprint density at radius 2 is 1.01 bits per heavy atom. The zero-order chi connectivity index (χ0) is 53.0. The first-order chi connectivity index (χ1) is 33.3. The van der Waals surface area contributed by atoms with Gasteiger partial charge in [0, 0.05) is 46.2 Å². The van der Waals surface area contributed by atoms with E-state index in [4.69, 9.17) is 32.7 Å². The molecule has 4 N–H and O–H groups in total. The molecule has 8 rings (SSSR count). The van der Waals surface area contributed by atoms with Crippen molar-refractivity contribution in [1.82, 2.24) is 40.4 Å². The summed E-state index contributed by atoms with van der Waals surface area (Å²) in [6.45, 7) is -0.339. The van der Waals surface area contributed by atoms with Crippen LogP contribution in [0.15, 0.2) is 24.3 Å². The Kier molecular flexibility index (Phi) is 12.9. The Morgan fingerprint density at radius 1 is 0.667 bits per heavy atom. The quantitative estimate of drug-likeness (QED) is 0.111. The summed E-state index contributed by atoms with van der Waals surface area (Å²) in [4.78, 5) is 67.1. The minimum Gasteiger partial charge on any atom is -0.488 e. The second-order valence-electron chi connectivity index (χ2n) is 18.8. The number of hydrogen-bond acceptors (Lipinski definition) is 10. The molecule has 0 saturated carbocycles. The lowest BCUT2D eigenvalue weighted by Gasteiger charge is -2.38. The van der Waals surface area contributed by atoms with Crippen LogP contribution in [0.2, 0.25) is 10.3 Å². The van der Waals surface area contributed by atoms with Crippen LogP contribution in [0.4, 0.5) is 53.5 Å². The molecule has 6 heterocycles. The van der Waals surface area contributed by atoms with Crippen molar-refractivity contribution < 1.29 is 82.0 Å². The number of alkyl carbamates (subject to hydrolysis) is 2. The van der Waals surface area contributed by atoms with E-state index in [1.54, 1.807) is 24.3 Å². The number of halogens is 12. The van der Waals surface area contributed by atoms with Gasteiger partial charge in [0.2, 0.25) is 11.8 Å². The molecule has 4 aliphatic rings. The highest BCUT2D eigenvalue weighted by atomic mass is 35.5. The van der Waals surface area contributed by atoms with E-state index in [9.17, 15) is 45.5 Å². The summed E-state index contributed by atoms with van der Waals surface area (Å²) in [6.07, 6.45) is -15.1. The van der Waals surface area contributed by atoms with E-state index in [2.05, 4.69) is 29.4 Å². The molecule has 16 nitrogen and oxygen atoms in total. The summed E-state index contributed by atoms with van der Waals surface area (Å²) in [5, 5.41) is 3.18. The number of methoxy groups -OCH3 is 2. The average Bonchev–Trinajstić information content (AvgIpc) is 4.06. The van der Waals surface area contributed by atoms with Crippen LogP contribution in [0.1, 0.15) is 75.4 Å². The normalized spacial score (nSPS) is 20.0. The van der Waals surface area contributed by atoms with Crippen LogP contribution in [0.25, 0.3) is 33.6 Å². The van der Waals surface area contributed by atoms with Crippen molar-refractivity contribution in [1.29, 1.82) is 0 Å². The maximum atomic E-state index is 15.1. The third-order valence-electron chi connectivity index (χ3n) is 13.3. The van der Waals surface area contributed by atoms with Gasteiger partial charge < -0.3 is 49.3 Å². The summed E-state index contributed by atoms with van der Waals surface area (Å²) in [7, 11) is 1.70. The van der Waals surface area contributed by atoms with Crippen molar-refractivity contribution in [3.05, 3.63) is 57.3 Å². The molecule has 2 fully saturated rings. The molecule has 0 bridgehead atoms. The molecular formula is C44H42Cl2F10N8O8. The first kappa shape index (κ1) is 52.2. The number of nitrogens with zero attached hydrogens (tertiary/aromatic N) is 4. The lowest BCUT2D eigenvalue weighted by Crippen LogP contribution is -2.60. The second kappa shape index (κ2) is 17.8. The third kappa shape index (κ3) is 9.16. The van der Waals surface area contributed by atoms with Crippen molar-refractivity contribution in [3.63, 3.8) is 0 Å². The molecule has 0 unspecified atom stereocenters. The number of carbonyl (C=O) groups excluding carboxylic acids is 4. The molecule has 2 saturated heterocycles. The van der Waals surface area contributed by atoms with E-state index in [0.717, 1.165) is 14.2 Å². The molecule has 390 valence electrons. The molecule has 72 heavy (non-hydrogen) atoms. The number of H-pyrrole nitrogens is 2. The number of carbonyl (C=O) groups is 4. The molecule has 4 amide bonds. The fourth-order valence-corrected chi connectivity index (χ4v) is 9.60. The van der Waals surface area contributed by atoms with Gasteiger partial charge in [0.15, 0.2) is 10.3 Å². The number of alkyl halides is 10. The van der Waals surface area contributed by atoms with Crippen molar-refractivity contribution in [2.24, 2.45) is 10.8 Å². The summed E-state index contributed by atoms with van der Waals surface area (Å²) in [6, 6.07) is -1.67. The van der Waals surface area contributed by atoms with Gasteiger partial charge in [0.05, 0.1) is 61.6 Å². The predicted molar refractivity (Wildman–Crippen MR) is 232 cm³/mol. The first-order valence-electron chi connectivity index (χ1n) is 21.6. The van der Waals surface area contributed by atoms with Crippen molar-refractivity contribution in [2.45, 2.75) is 102 Å². The molecule has 4 atom stereocenters. The Labute approximate surface area is 411 Å². The van der Waals surface area contributed by atoms with Crippen LogP contribution in [0.3, 0.4) is 0 Å². The number of hydrogen-bond donors (Lipinski definition) is 4. The van der Waals surface area contributed by atoms with E-state index in [-0.39, 0.29) is 46.6 Å². The molecule has 0 radical (unpaired) electrons. The Bertz CT molecular complexity index is 2630. The number of rotatable bonds is 10. The zero-order valence-electron chi connectivity index (χ0n) is 38.5. The van der Waals surface area contributed by atoms with Gasteiger partial charge in [-0.25, -0.2) is 37.1 Å². The van der Waals surface area contributed by atoms with Crippen LogP contribution >= 0.6 is 23.2 Å². The minimum atomic E-state index is -5.09. The third-order valence-corrected chi connectivity index (χ3v) is 13.9. The molecule has 2 aromatic heterocycles. The standard InChI is InChI=1S/C44H42Cl2F10N8O8/c1-39(2,43(51,52)53)29(59-37(67)69-5)35(65)63-15-41(47,48)11-21(63)33-57-27(31(45)61-33)17-7-19-13-72-24-10-18(8-20-14-71-23(9-17)25(19)26(20)24)28-32(46)62-34(58-28)22-12-42(49,50)16-64(22)36(66)30(60-38(68)70-6)40(3,4)44(54,55)56/h7-10,21-22,29-30H,11-16H2,1-6H3,(H,57,61)(H,58,62)(H,59,67)(H,60,68)/t21-,22-,29+,30+/m0/s1. The summed E-state index contributed by atoms with van der Waals surface area (Å²) < 4.78 is 167. The van der Waals surface area contributed by atoms with E-state index < -0.39 is 109 Å². The summed E-state index contributed by atoms with van der Waals surface area (Å²) in [5.74, 6) is -10.1. The fraction of sp³-hybridized carbons (Fsp3) is 0.500. The second-order valence-corrected chi connectivity index (χ2v) is 19.5. The van der Waals surface area contributed by atoms with Crippen LogP contribution in [0, 0.1) is 10.8 Å². The van der Waals surface area contributed by atoms with Gasteiger partial charge in [-0.15, -0.1) is 0 Å². The molecule has 4 aromatic rings. The molecule has 2 aromatic carbocycles. The Morgan fingerprint density at radius 3 is 1.33 bits per heavy atom. The highest BCUT2D eigenvalue weighted by Crippen LogP contribution is 2.53.